The van der Waals surface area contributed by atoms with E-state index in [1.54, 1.807) is 26.1 Å². The Bertz CT molecular complexity index is 1250. The second kappa shape index (κ2) is 7.30. The second-order valence-corrected chi connectivity index (χ2v) is 8.52. The molecule has 1 aromatic carbocycles. The number of nitrogens with one attached hydrogen (secondary N) is 2. The molecule has 2 atom stereocenters. The minimum absolute atomic E-state index is 0.159. The van der Waals surface area contributed by atoms with E-state index in [1.807, 2.05) is 12.1 Å². The smallest absolute Gasteiger partial charge is 0.336 e. The number of carbonyl (C=O) groups is 1. The average Bonchev–Trinajstić information content (AvgIpc) is 3.16. The number of benzene rings is 1. The highest BCUT2D eigenvalue weighted by atomic mass is 16.5. The van der Waals surface area contributed by atoms with E-state index >= 15 is 0 Å². The molecular formula is C25H24N2O4. The van der Waals surface area contributed by atoms with E-state index in [0.717, 1.165) is 11.8 Å². The fraction of sp³-hybridized carbons (Fsp3) is 0.280. The third-order valence-electron chi connectivity index (χ3n) is 6.01. The average molecular weight is 416 g/mol. The Balaban J connectivity index is 1.43. The summed E-state index contributed by atoms with van der Waals surface area (Å²) in [5.41, 5.74) is 1.21. The van der Waals surface area contributed by atoms with E-state index in [-0.39, 0.29) is 5.78 Å². The Morgan fingerprint density at radius 3 is 2.81 bits per heavy atom. The molecule has 0 amide bonds. The van der Waals surface area contributed by atoms with Gasteiger partial charge < -0.3 is 19.8 Å². The first kappa shape index (κ1) is 19.4. The largest absolute Gasteiger partial charge is 0.479 e. The van der Waals surface area contributed by atoms with E-state index in [4.69, 9.17) is 9.15 Å². The van der Waals surface area contributed by atoms with Crippen LogP contribution in [-0.2, 0) is 4.79 Å². The van der Waals surface area contributed by atoms with E-state index in [1.165, 1.54) is 11.6 Å². The zero-order valence-corrected chi connectivity index (χ0v) is 17.5. The molecule has 0 saturated carbocycles. The Labute approximate surface area is 180 Å². The minimum atomic E-state index is -1.01. The number of Topliss-reactive ketones (excluding diaryl/α,β-unsaturated/α-hetero) is 1. The summed E-state index contributed by atoms with van der Waals surface area (Å²) in [4.78, 5) is 25.0. The number of hydrogen-bond acceptors (Lipinski definition) is 6. The van der Waals surface area contributed by atoms with Crippen molar-refractivity contribution in [3.05, 3.63) is 82.5 Å². The predicted molar refractivity (Wildman–Crippen MR) is 120 cm³/mol. The van der Waals surface area contributed by atoms with Crippen molar-refractivity contribution in [3.63, 3.8) is 0 Å². The minimum Gasteiger partial charge on any atom is -0.479 e. The van der Waals surface area contributed by atoms with Gasteiger partial charge in [-0.3, -0.25) is 4.79 Å². The van der Waals surface area contributed by atoms with Crippen LogP contribution in [0, 0.1) is 5.92 Å². The van der Waals surface area contributed by atoms with Gasteiger partial charge in [-0.1, -0.05) is 24.3 Å². The summed E-state index contributed by atoms with van der Waals surface area (Å²) in [6.07, 6.45) is 13.2. The van der Waals surface area contributed by atoms with Crippen LogP contribution in [0.15, 0.2) is 75.8 Å². The summed E-state index contributed by atoms with van der Waals surface area (Å²) < 4.78 is 11.4. The van der Waals surface area contributed by atoms with Gasteiger partial charge in [0, 0.05) is 30.1 Å². The van der Waals surface area contributed by atoms with Crippen molar-refractivity contribution in [3.8, 4) is 5.75 Å². The molecule has 0 bridgehead atoms. The zero-order chi connectivity index (χ0) is 21.6. The molecular weight excluding hydrogens is 392 g/mol. The molecule has 5 rings (SSSR count). The van der Waals surface area contributed by atoms with Gasteiger partial charge in [0.05, 0.1) is 17.2 Å². The molecule has 0 spiro atoms. The second-order valence-electron chi connectivity index (χ2n) is 8.52. The van der Waals surface area contributed by atoms with E-state index < -0.39 is 11.2 Å². The molecule has 2 aliphatic heterocycles. The molecule has 2 unspecified atom stereocenters. The van der Waals surface area contributed by atoms with E-state index in [2.05, 4.69) is 41.1 Å². The predicted octanol–water partition coefficient (Wildman–Crippen LogP) is 3.45. The van der Waals surface area contributed by atoms with Crippen LogP contribution in [0.2, 0.25) is 0 Å². The Morgan fingerprint density at radius 1 is 1.13 bits per heavy atom. The highest BCUT2D eigenvalue weighted by Gasteiger charge is 2.40. The van der Waals surface area contributed by atoms with Gasteiger partial charge in [0.15, 0.2) is 5.60 Å². The fourth-order valence-electron chi connectivity index (χ4n) is 4.40. The number of hydrogen-bond donors (Lipinski definition) is 2. The van der Waals surface area contributed by atoms with Crippen LogP contribution in [0.4, 0.5) is 0 Å². The molecule has 6 heteroatoms. The Morgan fingerprint density at radius 2 is 1.94 bits per heavy atom. The third-order valence-corrected chi connectivity index (χ3v) is 6.01. The number of ether oxygens (including phenoxy) is 1. The first-order valence-electron chi connectivity index (χ1n) is 10.5. The highest BCUT2D eigenvalue weighted by Crippen LogP contribution is 2.41. The molecule has 1 aliphatic carbocycles. The summed E-state index contributed by atoms with van der Waals surface area (Å²) in [6, 6.07) is 7.04. The number of carbonyl (C=O) groups excluding carboxylic acids is 1. The lowest BCUT2D eigenvalue weighted by Gasteiger charge is -2.32. The summed E-state index contributed by atoms with van der Waals surface area (Å²) in [5, 5.41) is 7.44. The summed E-state index contributed by atoms with van der Waals surface area (Å²) in [6.45, 7) is 4.17. The lowest BCUT2D eigenvalue weighted by atomic mass is 9.87. The molecule has 31 heavy (non-hydrogen) atoms. The maximum Gasteiger partial charge on any atom is 0.336 e. The fourth-order valence-corrected chi connectivity index (χ4v) is 4.40. The SMILES string of the molecule is CC1(C)Oc2ccc3ccc(=O)oc3c2C(=CNCCC2=CNC3C=CC=CC23)C1=O. The zero-order valence-electron chi connectivity index (χ0n) is 17.5. The number of ketones is 1. The molecule has 0 saturated heterocycles. The first-order chi connectivity index (χ1) is 14.9. The van der Waals surface area contributed by atoms with Crippen LogP contribution in [0.3, 0.4) is 0 Å². The van der Waals surface area contributed by atoms with Gasteiger partial charge in [-0.2, -0.15) is 0 Å². The maximum absolute atomic E-state index is 13.2. The van der Waals surface area contributed by atoms with Gasteiger partial charge in [0.25, 0.3) is 0 Å². The molecule has 3 heterocycles. The van der Waals surface area contributed by atoms with Crippen molar-refractivity contribution >= 4 is 22.3 Å². The normalized spacial score (nSPS) is 24.4. The number of rotatable bonds is 4. The quantitative estimate of drug-likeness (QED) is 0.451. The van der Waals surface area contributed by atoms with Crippen LogP contribution in [0.25, 0.3) is 16.5 Å². The van der Waals surface area contributed by atoms with Crippen molar-refractivity contribution in [2.24, 2.45) is 5.92 Å². The van der Waals surface area contributed by atoms with Crippen LogP contribution in [0.1, 0.15) is 25.8 Å². The van der Waals surface area contributed by atoms with Gasteiger partial charge in [-0.15, -0.1) is 0 Å². The van der Waals surface area contributed by atoms with Gasteiger partial charge in [-0.25, -0.2) is 4.79 Å². The van der Waals surface area contributed by atoms with Crippen LogP contribution < -0.4 is 21.0 Å². The van der Waals surface area contributed by atoms with Crippen molar-refractivity contribution in [2.45, 2.75) is 31.9 Å². The molecule has 158 valence electrons. The molecule has 1 aromatic heterocycles. The standard InChI is InChI=1S/C25H24N2O4/c1-25(2)24(29)18(14-26-12-11-16-13-27-19-6-4-3-5-17(16)19)22-20(31-25)9-7-15-8-10-21(28)30-23(15)22/h3-10,13-14,17,19,26-27H,11-12H2,1-2H3. The molecule has 2 aromatic rings. The van der Waals surface area contributed by atoms with Crippen LogP contribution in [-0.4, -0.2) is 24.0 Å². The number of allylic oxidation sites excluding steroid dienone is 2. The lowest BCUT2D eigenvalue weighted by molar-refractivity contribution is -0.126. The molecule has 0 fully saturated rings. The monoisotopic (exact) mass is 416 g/mol. The van der Waals surface area contributed by atoms with Crippen LogP contribution >= 0.6 is 0 Å². The Kier molecular flexibility index (Phi) is 4.58. The number of fused-ring (bicyclic) bond motifs is 4. The first-order valence-corrected chi connectivity index (χ1v) is 10.5. The molecule has 2 N–H and O–H groups in total. The van der Waals surface area contributed by atoms with Crippen molar-refractivity contribution in [1.29, 1.82) is 0 Å². The van der Waals surface area contributed by atoms with Crippen LogP contribution in [0.5, 0.6) is 5.75 Å². The third kappa shape index (κ3) is 3.38. The molecule has 0 radical (unpaired) electrons. The van der Waals surface area contributed by atoms with Crippen molar-refractivity contribution < 1.29 is 13.9 Å². The molecule has 3 aliphatic rings. The summed E-state index contributed by atoms with van der Waals surface area (Å²) in [5.74, 6) is 0.750. The van der Waals surface area contributed by atoms with Gasteiger partial charge in [-0.05, 0) is 50.2 Å². The summed E-state index contributed by atoms with van der Waals surface area (Å²) in [7, 11) is 0. The lowest BCUT2D eigenvalue weighted by Crippen LogP contribution is -2.42. The topological polar surface area (TPSA) is 80.6 Å². The van der Waals surface area contributed by atoms with E-state index in [9.17, 15) is 9.59 Å². The Hall–Kier alpha value is -3.54. The van der Waals surface area contributed by atoms with Gasteiger partial charge in [0.1, 0.15) is 11.3 Å². The van der Waals surface area contributed by atoms with Crippen molar-refractivity contribution in [1.82, 2.24) is 10.6 Å². The van der Waals surface area contributed by atoms with Crippen molar-refractivity contribution in [2.75, 3.05) is 6.54 Å². The maximum atomic E-state index is 13.2. The van der Waals surface area contributed by atoms with E-state index in [0.29, 0.717) is 41.0 Å². The van der Waals surface area contributed by atoms with Gasteiger partial charge in [0.2, 0.25) is 5.78 Å². The molecule has 6 nitrogen and oxygen atoms in total. The highest BCUT2D eigenvalue weighted by molar-refractivity contribution is 6.28. The van der Waals surface area contributed by atoms with Gasteiger partial charge >= 0.3 is 5.63 Å². The summed E-state index contributed by atoms with van der Waals surface area (Å²) >= 11 is 0.